The molecule has 0 fully saturated rings. The van der Waals surface area contributed by atoms with Crippen molar-refractivity contribution in [1.82, 2.24) is 4.31 Å². The van der Waals surface area contributed by atoms with Crippen LogP contribution in [0.3, 0.4) is 0 Å². The van der Waals surface area contributed by atoms with Crippen LogP contribution in [0.5, 0.6) is 11.5 Å². The number of rotatable bonds is 6. The number of anilines is 1. The number of aryl methyl sites for hydroxylation is 1. The molecule has 4 rings (SSSR count). The van der Waals surface area contributed by atoms with Gasteiger partial charge >= 0.3 is 0 Å². The topological polar surface area (TPSA) is 84.9 Å². The van der Waals surface area contributed by atoms with Crippen molar-refractivity contribution in [1.29, 1.82) is 0 Å². The van der Waals surface area contributed by atoms with E-state index in [9.17, 15) is 13.2 Å². The second kappa shape index (κ2) is 9.25. The normalized spacial score (nSPS) is 16.0. The summed E-state index contributed by atoms with van der Waals surface area (Å²) >= 11 is 0. The minimum absolute atomic E-state index is 0.0446. The minimum atomic E-state index is -4.11. The van der Waals surface area contributed by atoms with Gasteiger partial charge in [-0.3, -0.25) is 4.79 Å². The molecule has 0 aliphatic carbocycles. The van der Waals surface area contributed by atoms with Crippen molar-refractivity contribution in [3.05, 3.63) is 83.4 Å². The first-order chi connectivity index (χ1) is 15.8. The largest absolute Gasteiger partial charge is 0.497 e. The number of nitrogens with one attached hydrogen (secondary N) is 1. The van der Waals surface area contributed by atoms with Crippen molar-refractivity contribution in [2.75, 3.05) is 19.5 Å². The molecule has 33 heavy (non-hydrogen) atoms. The third-order valence-electron chi connectivity index (χ3n) is 5.78. The van der Waals surface area contributed by atoms with E-state index in [0.717, 1.165) is 16.7 Å². The number of methoxy groups -OCH3 is 2. The molecule has 1 atom stereocenters. The second-order valence-corrected chi connectivity index (χ2v) is 9.77. The number of sulfonamides is 1. The first-order valence-electron chi connectivity index (χ1n) is 10.5. The van der Waals surface area contributed by atoms with Gasteiger partial charge in [-0.2, -0.15) is 4.31 Å². The Morgan fingerprint density at radius 3 is 2.33 bits per heavy atom. The Balaban J connectivity index is 1.76. The highest BCUT2D eigenvalue weighted by atomic mass is 32.2. The molecule has 8 heteroatoms. The van der Waals surface area contributed by atoms with Gasteiger partial charge in [0.15, 0.2) is 0 Å². The lowest BCUT2D eigenvalue weighted by atomic mass is 9.95. The van der Waals surface area contributed by atoms with E-state index in [4.69, 9.17) is 9.47 Å². The molecule has 1 heterocycles. The average Bonchev–Trinajstić information content (AvgIpc) is 2.84. The Hall–Kier alpha value is -3.36. The van der Waals surface area contributed by atoms with Gasteiger partial charge in [-0.25, -0.2) is 8.42 Å². The molecule has 1 N–H and O–H groups in total. The van der Waals surface area contributed by atoms with E-state index in [1.54, 1.807) is 24.3 Å². The van der Waals surface area contributed by atoms with Gasteiger partial charge in [0.1, 0.15) is 22.4 Å². The molecule has 3 aromatic carbocycles. The van der Waals surface area contributed by atoms with Crippen molar-refractivity contribution in [2.24, 2.45) is 0 Å². The van der Waals surface area contributed by atoms with Gasteiger partial charge in [-0.1, -0.05) is 42.0 Å². The zero-order valence-electron chi connectivity index (χ0n) is 18.7. The Morgan fingerprint density at radius 1 is 0.970 bits per heavy atom. The number of fused-ring (bicyclic) bond motifs is 1. The number of hydrogen-bond donors (Lipinski definition) is 1. The average molecular weight is 467 g/mol. The predicted octanol–water partition coefficient (Wildman–Crippen LogP) is 3.77. The fourth-order valence-corrected chi connectivity index (χ4v) is 5.69. The first kappa shape index (κ1) is 22.8. The summed E-state index contributed by atoms with van der Waals surface area (Å²) in [6.07, 6.45) is 0.263. The van der Waals surface area contributed by atoms with Gasteiger partial charge in [0.25, 0.3) is 0 Å². The lowest BCUT2D eigenvalue weighted by molar-refractivity contribution is -0.120. The van der Waals surface area contributed by atoms with Crippen LogP contribution >= 0.6 is 0 Å². The van der Waals surface area contributed by atoms with Crippen LogP contribution in [-0.4, -0.2) is 38.9 Å². The molecule has 7 nitrogen and oxygen atoms in total. The first-order valence-corrected chi connectivity index (χ1v) is 12.0. The SMILES string of the molecule is COc1ccc(OC)c(S(=O)(=O)N2Cc3ccccc3CC2C(=O)Nc2ccc(C)cc2)c1. The molecule has 0 spiro atoms. The number of carbonyl (C=O) groups excluding carboxylic acids is 1. The predicted molar refractivity (Wildman–Crippen MR) is 126 cm³/mol. The number of nitrogens with zero attached hydrogens (tertiary/aromatic N) is 1. The quantitative estimate of drug-likeness (QED) is 0.598. The second-order valence-electron chi connectivity index (χ2n) is 7.91. The Labute approximate surface area is 194 Å². The molecule has 3 aromatic rings. The molecular weight excluding hydrogens is 440 g/mol. The van der Waals surface area contributed by atoms with Crippen LogP contribution in [0.2, 0.25) is 0 Å². The van der Waals surface area contributed by atoms with Crippen molar-refractivity contribution in [3.8, 4) is 11.5 Å². The lowest BCUT2D eigenvalue weighted by Crippen LogP contribution is -2.50. The number of carbonyl (C=O) groups is 1. The van der Waals surface area contributed by atoms with Crippen LogP contribution in [0.15, 0.2) is 71.6 Å². The zero-order valence-corrected chi connectivity index (χ0v) is 19.6. The smallest absolute Gasteiger partial charge is 0.247 e. The van der Waals surface area contributed by atoms with E-state index < -0.39 is 22.0 Å². The number of amides is 1. The van der Waals surface area contributed by atoms with E-state index in [0.29, 0.717) is 11.4 Å². The summed E-state index contributed by atoms with van der Waals surface area (Å²) in [5, 5.41) is 2.87. The van der Waals surface area contributed by atoms with Crippen molar-refractivity contribution >= 4 is 21.6 Å². The summed E-state index contributed by atoms with van der Waals surface area (Å²) in [6, 6.07) is 18.6. The van der Waals surface area contributed by atoms with Gasteiger partial charge in [0, 0.05) is 18.3 Å². The van der Waals surface area contributed by atoms with Gasteiger partial charge < -0.3 is 14.8 Å². The van der Waals surface area contributed by atoms with Crippen molar-refractivity contribution < 1.29 is 22.7 Å². The molecule has 172 valence electrons. The van der Waals surface area contributed by atoms with Crippen LogP contribution in [0, 0.1) is 6.92 Å². The molecule has 1 aliphatic heterocycles. The summed E-state index contributed by atoms with van der Waals surface area (Å²) in [6.45, 7) is 2.03. The summed E-state index contributed by atoms with van der Waals surface area (Å²) in [5.74, 6) is 0.179. The molecule has 1 aliphatic rings. The van der Waals surface area contributed by atoms with E-state index in [-0.39, 0.29) is 23.6 Å². The van der Waals surface area contributed by atoms with Crippen LogP contribution < -0.4 is 14.8 Å². The maximum Gasteiger partial charge on any atom is 0.247 e. The van der Waals surface area contributed by atoms with Crippen molar-refractivity contribution in [3.63, 3.8) is 0 Å². The summed E-state index contributed by atoms with van der Waals surface area (Å²) in [4.78, 5) is 13.3. The highest BCUT2D eigenvalue weighted by molar-refractivity contribution is 7.89. The molecule has 0 bridgehead atoms. The zero-order chi connectivity index (χ0) is 23.6. The van der Waals surface area contributed by atoms with Crippen LogP contribution in [0.1, 0.15) is 16.7 Å². The molecule has 1 unspecified atom stereocenters. The van der Waals surface area contributed by atoms with Crippen molar-refractivity contribution in [2.45, 2.75) is 30.8 Å². The summed E-state index contributed by atoms with van der Waals surface area (Å²) in [7, 11) is -1.23. The lowest BCUT2D eigenvalue weighted by Gasteiger charge is -2.35. The standard InChI is InChI=1S/C25H26N2O5S/c1-17-8-10-20(11-9-17)26-25(28)22-14-18-6-4-5-7-19(18)16-27(22)33(29,30)24-15-21(31-2)12-13-23(24)32-3/h4-13,15,22H,14,16H2,1-3H3,(H,26,28). The molecule has 0 aromatic heterocycles. The van der Waals surface area contributed by atoms with E-state index in [1.165, 1.54) is 24.6 Å². The number of ether oxygens (including phenoxy) is 2. The van der Waals surface area contributed by atoms with E-state index in [1.807, 2.05) is 43.3 Å². The molecular formula is C25H26N2O5S. The van der Waals surface area contributed by atoms with Gasteiger partial charge in [-0.15, -0.1) is 0 Å². The summed E-state index contributed by atoms with van der Waals surface area (Å²) in [5.41, 5.74) is 3.49. The fourth-order valence-electron chi connectivity index (χ4n) is 3.95. The Morgan fingerprint density at radius 2 is 1.67 bits per heavy atom. The third kappa shape index (κ3) is 4.58. The Bertz CT molecular complexity index is 1270. The maximum atomic E-state index is 13.9. The van der Waals surface area contributed by atoms with E-state index >= 15 is 0 Å². The van der Waals surface area contributed by atoms with Gasteiger partial charge in [-0.05, 0) is 48.7 Å². The molecule has 0 saturated heterocycles. The van der Waals surface area contributed by atoms with Crippen LogP contribution in [0.4, 0.5) is 5.69 Å². The third-order valence-corrected chi connectivity index (χ3v) is 7.66. The van der Waals surface area contributed by atoms with Crippen LogP contribution in [0.25, 0.3) is 0 Å². The number of hydrogen-bond acceptors (Lipinski definition) is 5. The summed E-state index contributed by atoms with van der Waals surface area (Å²) < 4.78 is 39.6. The van der Waals surface area contributed by atoms with Crippen LogP contribution in [-0.2, 0) is 27.8 Å². The van der Waals surface area contributed by atoms with Gasteiger partial charge in [0.2, 0.25) is 15.9 Å². The maximum absolute atomic E-state index is 13.9. The fraction of sp³-hybridized carbons (Fsp3) is 0.240. The molecule has 0 saturated carbocycles. The highest BCUT2D eigenvalue weighted by Gasteiger charge is 2.41. The Kier molecular flexibility index (Phi) is 6.40. The van der Waals surface area contributed by atoms with Gasteiger partial charge in [0.05, 0.1) is 14.2 Å². The number of benzene rings is 3. The molecule has 0 radical (unpaired) electrons. The minimum Gasteiger partial charge on any atom is -0.497 e. The van der Waals surface area contributed by atoms with E-state index in [2.05, 4.69) is 5.32 Å². The monoisotopic (exact) mass is 466 g/mol. The highest BCUT2D eigenvalue weighted by Crippen LogP contribution is 2.35. The molecule has 1 amide bonds.